The monoisotopic (exact) mass is 542 g/mol. The molecule has 0 bridgehead atoms. The molecule has 0 saturated carbocycles. The molecule has 0 spiro atoms. The van der Waals surface area contributed by atoms with Crippen molar-refractivity contribution in [3.05, 3.63) is 58.6 Å². The van der Waals surface area contributed by atoms with E-state index in [0.717, 1.165) is 68.7 Å². The number of para-hydroxylation sites is 2. The molecule has 38 heavy (non-hydrogen) atoms. The Labute approximate surface area is 228 Å². The van der Waals surface area contributed by atoms with Crippen molar-refractivity contribution in [3.63, 3.8) is 0 Å². The van der Waals surface area contributed by atoms with Gasteiger partial charge in [0, 0.05) is 36.8 Å². The number of halogens is 1. The molecule has 0 aliphatic carbocycles. The third-order valence-electron chi connectivity index (χ3n) is 7.15. The molecule has 0 radical (unpaired) electrons. The van der Waals surface area contributed by atoms with Crippen molar-refractivity contribution < 1.29 is 24.2 Å². The molecule has 10 heteroatoms. The van der Waals surface area contributed by atoms with Crippen molar-refractivity contribution in [1.82, 2.24) is 15.5 Å². The van der Waals surface area contributed by atoms with E-state index in [-0.39, 0.29) is 24.3 Å². The second-order valence-electron chi connectivity index (χ2n) is 9.70. The second kappa shape index (κ2) is 13.5. The Hall–Kier alpha value is -3.30. The molecule has 9 nitrogen and oxygen atoms in total. The Kier molecular flexibility index (Phi) is 9.84. The predicted octanol–water partition coefficient (Wildman–Crippen LogP) is 4.11. The molecule has 0 atom stereocenters. The number of fused-ring (bicyclic) bond motifs is 1. The van der Waals surface area contributed by atoms with E-state index in [9.17, 15) is 14.4 Å². The molecule has 3 amide bonds. The fourth-order valence-corrected chi connectivity index (χ4v) is 5.28. The van der Waals surface area contributed by atoms with Gasteiger partial charge in [0.2, 0.25) is 0 Å². The Morgan fingerprint density at radius 3 is 2.50 bits per heavy atom. The summed E-state index contributed by atoms with van der Waals surface area (Å²) in [5, 5.41) is 14.5. The maximum absolute atomic E-state index is 13.0. The number of nitrogens with zero attached hydrogens (tertiary/aromatic N) is 2. The lowest BCUT2D eigenvalue weighted by molar-refractivity contribution is -0.121. The number of carbonyl (C=O) groups is 3. The lowest BCUT2D eigenvalue weighted by Gasteiger charge is -2.35. The van der Waals surface area contributed by atoms with Crippen LogP contribution < -0.4 is 20.3 Å². The van der Waals surface area contributed by atoms with Gasteiger partial charge >= 0.3 is 6.09 Å². The molecule has 2 aromatic carbocycles. The number of rotatable bonds is 11. The predicted molar refractivity (Wildman–Crippen MR) is 146 cm³/mol. The highest BCUT2D eigenvalue weighted by molar-refractivity contribution is 6.31. The van der Waals surface area contributed by atoms with Gasteiger partial charge in [-0.15, -0.1) is 0 Å². The maximum atomic E-state index is 13.0. The molecule has 1 fully saturated rings. The molecule has 2 aliphatic rings. The summed E-state index contributed by atoms with van der Waals surface area (Å²) in [7, 11) is 0. The summed E-state index contributed by atoms with van der Waals surface area (Å²) in [5.74, 6) is 0.858. The summed E-state index contributed by atoms with van der Waals surface area (Å²) in [5.41, 5.74) is 2.47. The summed E-state index contributed by atoms with van der Waals surface area (Å²) in [4.78, 5) is 40.1. The lowest BCUT2D eigenvalue weighted by Crippen LogP contribution is -2.45. The van der Waals surface area contributed by atoms with Gasteiger partial charge in [0.25, 0.3) is 11.8 Å². The van der Waals surface area contributed by atoms with E-state index in [1.54, 1.807) is 6.07 Å². The van der Waals surface area contributed by atoms with Gasteiger partial charge in [0.15, 0.2) is 6.61 Å². The third-order valence-corrected chi connectivity index (χ3v) is 7.39. The van der Waals surface area contributed by atoms with Crippen molar-refractivity contribution in [2.45, 2.75) is 38.0 Å². The normalized spacial score (nSPS) is 16.0. The topological polar surface area (TPSA) is 111 Å². The molecule has 1 saturated heterocycles. The van der Waals surface area contributed by atoms with E-state index in [4.69, 9.17) is 21.4 Å². The Bertz CT molecular complexity index is 1140. The van der Waals surface area contributed by atoms with Gasteiger partial charge in [-0.1, -0.05) is 29.8 Å². The maximum Gasteiger partial charge on any atom is 0.404 e. The zero-order valence-corrected chi connectivity index (χ0v) is 22.2. The summed E-state index contributed by atoms with van der Waals surface area (Å²) in [6.07, 6.45) is 3.16. The molecule has 0 aromatic heterocycles. The quantitative estimate of drug-likeness (QED) is 0.368. The average molecular weight is 543 g/mol. The van der Waals surface area contributed by atoms with Crippen LogP contribution in [0.15, 0.2) is 42.5 Å². The fraction of sp³-hybridized carbons (Fsp3) is 0.464. The van der Waals surface area contributed by atoms with Gasteiger partial charge in [0.05, 0.1) is 5.69 Å². The number of piperidine rings is 1. The minimum absolute atomic E-state index is 0.0210. The molecule has 204 valence electrons. The largest absolute Gasteiger partial charge is 0.482 e. The average Bonchev–Trinajstić information content (AvgIpc) is 2.92. The minimum Gasteiger partial charge on any atom is -0.482 e. The number of carboxylic acid groups (broad SMARTS) is 1. The molecule has 2 aliphatic heterocycles. The van der Waals surface area contributed by atoms with E-state index in [0.29, 0.717) is 30.2 Å². The summed E-state index contributed by atoms with van der Waals surface area (Å²) >= 11 is 6.25. The first-order valence-electron chi connectivity index (χ1n) is 13.2. The summed E-state index contributed by atoms with van der Waals surface area (Å²) in [6.45, 7) is 4.18. The van der Waals surface area contributed by atoms with Crippen LogP contribution in [0, 0.1) is 0 Å². The van der Waals surface area contributed by atoms with Crippen LogP contribution >= 0.6 is 11.6 Å². The van der Waals surface area contributed by atoms with Gasteiger partial charge in [0.1, 0.15) is 5.75 Å². The SMILES string of the molecule is O=C(O)NCCCCCNC(=O)c1cc(Cl)ccc1C1CCN(CCN2C(=O)COc3ccccc32)CC1. The van der Waals surface area contributed by atoms with Gasteiger partial charge < -0.3 is 30.3 Å². The fourth-order valence-electron chi connectivity index (χ4n) is 5.11. The smallest absolute Gasteiger partial charge is 0.404 e. The van der Waals surface area contributed by atoms with Crippen LogP contribution in [0.4, 0.5) is 10.5 Å². The van der Waals surface area contributed by atoms with Crippen LogP contribution in [0.2, 0.25) is 5.02 Å². The number of benzene rings is 2. The van der Waals surface area contributed by atoms with Crippen LogP contribution in [0.3, 0.4) is 0 Å². The number of carbonyl (C=O) groups excluding carboxylic acids is 2. The molecular weight excluding hydrogens is 508 g/mol. The van der Waals surface area contributed by atoms with Crippen LogP contribution in [0.25, 0.3) is 0 Å². The highest BCUT2D eigenvalue weighted by Crippen LogP contribution is 2.33. The van der Waals surface area contributed by atoms with E-state index in [1.807, 2.05) is 41.3 Å². The van der Waals surface area contributed by atoms with Gasteiger partial charge in [-0.25, -0.2) is 4.79 Å². The standard InChI is InChI=1S/C28H35ClN4O5/c29-21-8-9-22(23(18-21)27(35)30-12-4-1-5-13-31-28(36)37)20-10-14-32(15-11-20)16-17-33-24-6-2-3-7-25(24)38-19-26(33)34/h2-3,6-9,18,20,31H,1,4-5,10-17,19H2,(H,30,35)(H,36,37). The van der Waals surface area contributed by atoms with Gasteiger partial charge in [-0.2, -0.15) is 0 Å². The van der Waals surface area contributed by atoms with Crippen LogP contribution in [-0.4, -0.2) is 73.8 Å². The second-order valence-corrected chi connectivity index (χ2v) is 10.1. The number of unbranched alkanes of at least 4 members (excludes halogenated alkanes) is 2. The summed E-state index contributed by atoms with van der Waals surface area (Å²) in [6, 6.07) is 13.2. The Balaban J connectivity index is 1.26. The van der Waals surface area contributed by atoms with Crippen LogP contribution in [-0.2, 0) is 4.79 Å². The van der Waals surface area contributed by atoms with Gasteiger partial charge in [-0.3, -0.25) is 9.59 Å². The molecule has 0 unspecified atom stereocenters. The highest BCUT2D eigenvalue weighted by atomic mass is 35.5. The van der Waals surface area contributed by atoms with Crippen molar-refractivity contribution >= 4 is 35.2 Å². The van der Waals surface area contributed by atoms with E-state index < -0.39 is 6.09 Å². The van der Waals surface area contributed by atoms with Crippen molar-refractivity contribution in [2.75, 3.05) is 50.8 Å². The van der Waals surface area contributed by atoms with Crippen molar-refractivity contribution in [1.29, 1.82) is 0 Å². The number of ether oxygens (including phenoxy) is 1. The van der Waals surface area contributed by atoms with Crippen LogP contribution in [0.5, 0.6) is 5.75 Å². The first-order valence-corrected chi connectivity index (χ1v) is 13.6. The van der Waals surface area contributed by atoms with E-state index in [2.05, 4.69) is 15.5 Å². The zero-order valence-electron chi connectivity index (χ0n) is 21.5. The van der Waals surface area contributed by atoms with Gasteiger partial charge in [-0.05, 0) is 80.9 Å². The first-order chi connectivity index (χ1) is 18.4. The third kappa shape index (κ3) is 7.39. The Morgan fingerprint density at radius 2 is 1.74 bits per heavy atom. The molecule has 3 N–H and O–H groups in total. The number of hydrogen-bond donors (Lipinski definition) is 3. The first kappa shape index (κ1) is 27.7. The van der Waals surface area contributed by atoms with Crippen molar-refractivity contribution in [3.8, 4) is 5.75 Å². The Morgan fingerprint density at radius 1 is 1.00 bits per heavy atom. The molecule has 4 rings (SSSR count). The molecular formula is C28H35ClN4O5. The summed E-state index contributed by atoms with van der Waals surface area (Å²) < 4.78 is 5.55. The van der Waals surface area contributed by atoms with E-state index in [1.165, 1.54) is 0 Å². The molecule has 2 heterocycles. The minimum atomic E-state index is -1.02. The number of nitrogens with one attached hydrogen (secondary N) is 2. The highest BCUT2D eigenvalue weighted by Gasteiger charge is 2.28. The number of amides is 3. The lowest BCUT2D eigenvalue weighted by atomic mass is 9.86. The number of likely N-dealkylation sites (tertiary alicyclic amines) is 1. The molecule has 2 aromatic rings. The number of anilines is 1. The van der Waals surface area contributed by atoms with Crippen molar-refractivity contribution in [2.24, 2.45) is 0 Å². The van der Waals surface area contributed by atoms with E-state index >= 15 is 0 Å². The number of hydrogen-bond acceptors (Lipinski definition) is 5. The zero-order chi connectivity index (χ0) is 26.9. The van der Waals surface area contributed by atoms with Crippen LogP contribution in [0.1, 0.15) is 53.9 Å².